The van der Waals surface area contributed by atoms with Crippen LogP contribution in [0, 0.1) is 0 Å². The van der Waals surface area contributed by atoms with Crippen molar-refractivity contribution in [3.63, 3.8) is 0 Å². The van der Waals surface area contributed by atoms with Gasteiger partial charge in [0.15, 0.2) is 0 Å². The summed E-state index contributed by atoms with van der Waals surface area (Å²) in [5.74, 6) is -0.842. The Morgan fingerprint density at radius 3 is 2.95 bits per heavy atom. The van der Waals surface area contributed by atoms with Crippen molar-refractivity contribution in [3.8, 4) is 0 Å². The molecule has 1 aliphatic rings. The molecule has 0 radical (unpaired) electrons. The van der Waals surface area contributed by atoms with Gasteiger partial charge in [-0.15, -0.1) is 0 Å². The molecule has 2 unspecified atom stereocenters. The summed E-state index contributed by atoms with van der Waals surface area (Å²) in [6.45, 7) is 2.45. The van der Waals surface area contributed by atoms with Crippen molar-refractivity contribution in [3.05, 3.63) is 29.8 Å². The Morgan fingerprint density at radius 1 is 1.47 bits per heavy atom. The summed E-state index contributed by atoms with van der Waals surface area (Å²) in [4.78, 5) is 22.4. The standard InChI is InChI=1S/C14H18N2O3/c1-9(6-14(18)19)16-13(17)7-10-8-15-12-5-3-2-4-11(10)12/h2-5,9-10,15H,6-8H2,1H3,(H,16,17)(H,18,19). The van der Waals surface area contributed by atoms with Crippen molar-refractivity contribution in [1.82, 2.24) is 5.32 Å². The van der Waals surface area contributed by atoms with Gasteiger partial charge in [0.05, 0.1) is 6.42 Å². The molecule has 1 aliphatic heterocycles. The number of nitrogens with one attached hydrogen (secondary N) is 2. The third-order valence-electron chi connectivity index (χ3n) is 3.26. The van der Waals surface area contributed by atoms with Crippen LogP contribution >= 0.6 is 0 Å². The number of carbonyl (C=O) groups is 2. The fraction of sp³-hybridized carbons (Fsp3) is 0.429. The van der Waals surface area contributed by atoms with Crippen LogP contribution in [-0.4, -0.2) is 29.6 Å². The largest absolute Gasteiger partial charge is 0.481 e. The first-order valence-corrected chi connectivity index (χ1v) is 6.40. The monoisotopic (exact) mass is 262 g/mol. The van der Waals surface area contributed by atoms with Crippen molar-refractivity contribution in [2.24, 2.45) is 0 Å². The third kappa shape index (κ3) is 3.47. The topological polar surface area (TPSA) is 78.4 Å². The second-order valence-corrected chi connectivity index (χ2v) is 4.94. The molecule has 0 saturated heterocycles. The molecule has 0 fully saturated rings. The van der Waals surface area contributed by atoms with E-state index in [9.17, 15) is 9.59 Å². The van der Waals surface area contributed by atoms with E-state index >= 15 is 0 Å². The van der Waals surface area contributed by atoms with Gasteiger partial charge in [0, 0.05) is 30.6 Å². The zero-order valence-electron chi connectivity index (χ0n) is 10.8. The average molecular weight is 262 g/mol. The molecule has 0 bridgehead atoms. The van der Waals surface area contributed by atoms with Gasteiger partial charge in [-0.2, -0.15) is 0 Å². The number of hydrogen-bond donors (Lipinski definition) is 3. The highest BCUT2D eigenvalue weighted by Crippen LogP contribution is 2.32. The molecular formula is C14H18N2O3. The van der Waals surface area contributed by atoms with E-state index in [1.165, 1.54) is 0 Å². The van der Waals surface area contributed by atoms with Gasteiger partial charge < -0.3 is 15.7 Å². The van der Waals surface area contributed by atoms with Crippen LogP contribution in [0.3, 0.4) is 0 Å². The van der Waals surface area contributed by atoms with Gasteiger partial charge in [0.2, 0.25) is 5.91 Å². The first kappa shape index (κ1) is 13.4. The molecule has 5 nitrogen and oxygen atoms in total. The van der Waals surface area contributed by atoms with Gasteiger partial charge in [-0.05, 0) is 18.6 Å². The lowest BCUT2D eigenvalue weighted by atomic mass is 9.97. The van der Waals surface area contributed by atoms with E-state index in [-0.39, 0.29) is 24.3 Å². The Balaban J connectivity index is 1.89. The Labute approximate surface area is 112 Å². The lowest BCUT2D eigenvalue weighted by molar-refractivity contribution is -0.137. The van der Waals surface area contributed by atoms with Crippen LogP contribution in [0.2, 0.25) is 0 Å². The maximum Gasteiger partial charge on any atom is 0.305 e. The predicted octanol–water partition coefficient (Wildman–Crippen LogP) is 1.57. The van der Waals surface area contributed by atoms with Crippen molar-refractivity contribution in [2.75, 3.05) is 11.9 Å². The number of carboxylic acid groups (broad SMARTS) is 1. The molecule has 19 heavy (non-hydrogen) atoms. The van der Waals surface area contributed by atoms with Crippen LogP contribution in [0.25, 0.3) is 0 Å². The Morgan fingerprint density at radius 2 is 2.21 bits per heavy atom. The summed E-state index contributed by atoms with van der Waals surface area (Å²) >= 11 is 0. The van der Waals surface area contributed by atoms with Crippen LogP contribution in [0.1, 0.15) is 31.2 Å². The number of benzene rings is 1. The SMILES string of the molecule is CC(CC(=O)O)NC(=O)CC1CNc2ccccc21. The Kier molecular flexibility index (Phi) is 4.04. The van der Waals surface area contributed by atoms with E-state index in [0.717, 1.165) is 17.8 Å². The summed E-state index contributed by atoms with van der Waals surface area (Å²) in [6.07, 6.45) is 0.333. The quantitative estimate of drug-likeness (QED) is 0.752. The summed E-state index contributed by atoms with van der Waals surface area (Å²) in [5.41, 5.74) is 2.24. The van der Waals surface area contributed by atoms with Crippen molar-refractivity contribution < 1.29 is 14.7 Å². The number of amides is 1. The normalized spacial score (nSPS) is 18.3. The Hall–Kier alpha value is -2.04. The van der Waals surface area contributed by atoms with Gasteiger partial charge in [-0.25, -0.2) is 0 Å². The van der Waals surface area contributed by atoms with Gasteiger partial charge in [0.1, 0.15) is 0 Å². The van der Waals surface area contributed by atoms with Crippen LogP contribution in [-0.2, 0) is 9.59 Å². The summed E-state index contributed by atoms with van der Waals surface area (Å²) in [6, 6.07) is 7.61. The highest BCUT2D eigenvalue weighted by Gasteiger charge is 2.24. The van der Waals surface area contributed by atoms with Gasteiger partial charge in [-0.3, -0.25) is 9.59 Å². The van der Waals surface area contributed by atoms with Crippen molar-refractivity contribution in [1.29, 1.82) is 0 Å². The van der Waals surface area contributed by atoms with Crippen LogP contribution < -0.4 is 10.6 Å². The number of aliphatic carboxylic acids is 1. The number of anilines is 1. The third-order valence-corrected chi connectivity index (χ3v) is 3.26. The van der Waals surface area contributed by atoms with Gasteiger partial charge >= 0.3 is 5.97 Å². The maximum atomic E-state index is 11.9. The van der Waals surface area contributed by atoms with Crippen LogP contribution in [0.15, 0.2) is 24.3 Å². The molecule has 0 aliphatic carbocycles. The molecule has 0 saturated carbocycles. The summed E-state index contributed by atoms with van der Waals surface area (Å²) in [5, 5.41) is 14.6. The van der Waals surface area contributed by atoms with E-state index in [2.05, 4.69) is 10.6 Å². The second kappa shape index (κ2) is 5.73. The highest BCUT2D eigenvalue weighted by molar-refractivity contribution is 5.79. The van der Waals surface area contributed by atoms with E-state index in [1.807, 2.05) is 24.3 Å². The van der Waals surface area contributed by atoms with E-state index in [4.69, 9.17) is 5.11 Å². The minimum Gasteiger partial charge on any atom is -0.481 e. The molecule has 5 heteroatoms. The molecule has 1 aromatic rings. The minimum atomic E-state index is -0.902. The van der Waals surface area contributed by atoms with Crippen molar-refractivity contribution >= 4 is 17.6 Å². The molecule has 102 valence electrons. The molecule has 1 heterocycles. The first-order valence-electron chi connectivity index (χ1n) is 6.40. The second-order valence-electron chi connectivity index (χ2n) is 4.94. The summed E-state index contributed by atoms with van der Waals surface area (Å²) < 4.78 is 0. The fourth-order valence-electron chi connectivity index (χ4n) is 2.41. The van der Waals surface area contributed by atoms with Gasteiger partial charge in [-0.1, -0.05) is 18.2 Å². The molecule has 1 aromatic carbocycles. The van der Waals surface area contributed by atoms with E-state index in [0.29, 0.717) is 6.42 Å². The lowest BCUT2D eigenvalue weighted by Gasteiger charge is -2.14. The number of hydrogen-bond acceptors (Lipinski definition) is 3. The summed E-state index contributed by atoms with van der Waals surface area (Å²) in [7, 11) is 0. The predicted molar refractivity (Wildman–Crippen MR) is 72.1 cm³/mol. The number of para-hydroxylation sites is 1. The molecule has 1 amide bonds. The Bertz CT molecular complexity index is 487. The zero-order chi connectivity index (χ0) is 13.8. The molecule has 0 spiro atoms. The molecule has 2 rings (SSSR count). The van der Waals surface area contributed by atoms with Gasteiger partial charge in [0.25, 0.3) is 0 Å². The molecule has 0 aromatic heterocycles. The lowest BCUT2D eigenvalue weighted by Crippen LogP contribution is -2.35. The fourth-order valence-corrected chi connectivity index (χ4v) is 2.41. The van der Waals surface area contributed by atoms with E-state index in [1.54, 1.807) is 6.92 Å². The van der Waals surface area contributed by atoms with Crippen molar-refractivity contribution in [2.45, 2.75) is 31.7 Å². The number of carbonyl (C=O) groups excluding carboxylic acids is 1. The smallest absolute Gasteiger partial charge is 0.305 e. The van der Waals surface area contributed by atoms with Crippen LogP contribution in [0.4, 0.5) is 5.69 Å². The molecule has 2 atom stereocenters. The zero-order valence-corrected chi connectivity index (χ0v) is 10.8. The molecule has 3 N–H and O–H groups in total. The maximum absolute atomic E-state index is 11.9. The van der Waals surface area contributed by atoms with Crippen LogP contribution in [0.5, 0.6) is 0 Å². The number of rotatable bonds is 5. The molecular weight excluding hydrogens is 244 g/mol. The number of fused-ring (bicyclic) bond motifs is 1. The first-order chi connectivity index (χ1) is 9.06. The highest BCUT2D eigenvalue weighted by atomic mass is 16.4. The minimum absolute atomic E-state index is 0.0504. The number of carboxylic acids is 1. The van der Waals surface area contributed by atoms with E-state index < -0.39 is 5.97 Å². The average Bonchev–Trinajstić information content (AvgIpc) is 2.71.